The van der Waals surface area contributed by atoms with Gasteiger partial charge < -0.3 is 9.73 Å². The number of hydrogen-bond donors (Lipinski definition) is 1. The third-order valence-corrected chi connectivity index (χ3v) is 3.41. The van der Waals surface area contributed by atoms with Crippen LogP contribution in [0, 0.1) is 0 Å². The molecule has 0 bridgehead atoms. The quantitative estimate of drug-likeness (QED) is 0.767. The predicted molar refractivity (Wildman–Crippen MR) is 68.2 cm³/mol. The summed E-state index contributed by atoms with van der Waals surface area (Å²) in [7, 11) is 0. The fraction of sp³-hybridized carbons (Fsp3) is 0.167. The van der Waals surface area contributed by atoms with Crippen molar-refractivity contribution in [3.63, 3.8) is 0 Å². The first kappa shape index (κ1) is 10.3. The summed E-state index contributed by atoms with van der Waals surface area (Å²) in [4.78, 5) is 9.48. The number of thiophene rings is 1. The van der Waals surface area contributed by atoms with E-state index < -0.39 is 0 Å². The molecule has 4 nitrogen and oxygen atoms in total. The smallest absolute Gasteiger partial charge is 0.138 e. The van der Waals surface area contributed by atoms with Gasteiger partial charge in [-0.15, -0.1) is 11.3 Å². The molecule has 0 saturated heterocycles. The zero-order valence-corrected chi connectivity index (χ0v) is 10.1. The third-order valence-electron chi connectivity index (χ3n) is 2.58. The van der Waals surface area contributed by atoms with Crippen molar-refractivity contribution in [2.24, 2.45) is 0 Å². The monoisotopic (exact) mass is 245 g/mol. The molecule has 0 aliphatic heterocycles. The number of fused-ring (bicyclic) bond motifs is 1. The summed E-state index contributed by atoms with van der Waals surface area (Å²) in [5.74, 6) is 1.74. The summed E-state index contributed by atoms with van der Waals surface area (Å²) >= 11 is 1.61. The summed E-state index contributed by atoms with van der Waals surface area (Å²) in [6.45, 7) is 2.04. The van der Waals surface area contributed by atoms with E-state index in [2.05, 4.69) is 15.3 Å². The van der Waals surface area contributed by atoms with Crippen LogP contribution in [0.1, 0.15) is 18.7 Å². The van der Waals surface area contributed by atoms with Crippen molar-refractivity contribution in [2.75, 3.05) is 5.32 Å². The lowest BCUT2D eigenvalue weighted by Gasteiger charge is -2.12. The van der Waals surface area contributed by atoms with Crippen LogP contribution < -0.4 is 5.32 Å². The maximum atomic E-state index is 5.36. The molecule has 0 saturated carbocycles. The first-order valence-corrected chi connectivity index (χ1v) is 6.20. The number of nitrogens with one attached hydrogen (secondary N) is 1. The van der Waals surface area contributed by atoms with Crippen LogP contribution in [0.4, 0.5) is 5.82 Å². The Labute approximate surface area is 102 Å². The molecular weight excluding hydrogens is 234 g/mol. The summed E-state index contributed by atoms with van der Waals surface area (Å²) in [6.07, 6.45) is 3.25. The molecule has 1 atom stereocenters. The van der Waals surface area contributed by atoms with Crippen molar-refractivity contribution in [2.45, 2.75) is 13.0 Å². The molecule has 0 amide bonds. The van der Waals surface area contributed by atoms with Crippen LogP contribution in [0.25, 0.3) is 10.2 Å². The topological polar surface area (TPSA) is 51.0 Å². The average Bonchev–Trinajstić information content (AvgIpc) is 3.00. The minimum absolute atomic E-state index is 0.0861. The van der Waals surface area contributed by atoms with Gasteiger partial charge in [0.15, 0.2) is 0 Å². The van der Waals surface area contributed by atoms with Gasteiger partial charge in [0.25, 0.3) is 0 Å². The molecule has 0 aliphatic carbocycles. The highest BCUT2D eigenvalue weighted by Crippen LogP contribution is 2.26. The van der Waals surface area contributed by atoms with Crippen LogP contribution in [-0.4, -0.2) is 9.97 Å². The lowest BCUT2D eigenvalue weighted by Crippen LogP contribution is -2.07. The number of anilines is 1. The van der Waals surface area contributed by atoms with Gasteiger partial charge in [0.1, 0.15) is 22.7 Å². The highest BCUT2D eigenvalue weighted by molar-refractivity contribution is 7.16. The molecule has 3 heterocycles. The third kappa shape index (κ3) is 1.89. The minimum atomic E-state index is 0.0861. The molecule has 3 aromatic rings. The zero-order valence-electron chi connectivity index (χ0n) is 9.25. The standard InChI is InChI=1S/C12H11N3OS/c1-8(10-3-2-5-16-10)15-11-9-4-6-17-12(9)14-7-13-11/h2-8H,1H3,(H,13,14,15)/t8-/m0/s1. The predicted octanol–water partition coefficient (Wildman–Crippen LogP) is 3.46. The van der Waals surface area contributed by atoms with Crippen LogP contribution >= 0.6 is 11.3 Å². The molecule has 0 spiro atoms. The number of rotatable bonds is 3. The Bertz CT molecular complexity index is 618. The largest absolute Gasteiger partial charge is 0.467 e. The van der Waals surface area contributed by atoms with Gasteiger partial charge in [0, 0.05) is 0 Å². The Morgan fingerprint density at radius 1 is 1.35 bits per heavy atom. The Hall–Kier alpha value is -1.88. The molecule has 0 unspecified atom stereocenters. The van der Waals surface area contributed by atoms with Gasteiger partial charge in [-0.05, 0) is 30.5 Å². The molecular formula is C12H11N3OS. The van der Waals surface area contributed by atoms with Gasteiger partial charge in [-0.25, -0.2) is 9.97 Å². The minimum Gasteiger partial charge on any atom is -0.467 e. The second kappa shape index (κ2) is 4.18. The molecule has 3 aromatic heterocycles. The lowest BCUT2D eigenvalue weighted by atomic mass is 10.2. The second-order valence-electron chi connectivity index (χ2n) is 3.74. The van der Waals surface area contributed by atoms with Crippen molar-refractivity contribution in [3.8, 4) is 0 Å². The van der Waals surface area contributed by atoms with E-state index >= 15 is 0 Å². The molecule has 1 N–H and O–H groups in total. The van der Waals surface area contributed by atoms with E-state index in [4.69, 9.17) is 4.42 Å². The number of furan rings is 1. The maximum absolute atomic E-state index is 5.36. The summed E-state index contributed by atoms with van der Waals surface area (Å²) in [5, 5.41) is 6.40. The highest BCUT2D eigenvalue weighted by atomic mass is 32.1. The van der Waals surface area contributed by atoms with Crippen molar-refractivity contribution in [3.05, 3.63) is 41.9 Å². The zero-order chi connectivity index (χ0) is 11.7. The van der Waals surface area contributed by atoms with Crippen LogP contribution in [0.3, 0.4) is 0 Å². The Kier molecular flexibility index (Phi) is 2.53. The average molecular weight is 245 g/mol. The summed E-state index contributed by atoms with van der Waals surface area (Å²) < 4.78 is 5.36. The summed E-state index contributed by atoms with van der Waals surface area (Å²) in [5.41, 5.74) is 0. The molecule has 86 valence electrons. The van der Waals surface area contributed by atoms with Crippen molar-refractivity contribution < 1.29 is 4.42 Å². The highest BCUT2D eigenvalue weighted by Gasteiger charge is 2.11. The van der Waals surface area contributed by atoms with E-state index in [1.54, 1.807) is 23.9 Å². The molecule has 3 rings (SSSR count). The van der Waals surface area contributed by atoms with Crippen LogP contribution in [0.15, 0.2) is 40.6 Å². The van der Waals surface area contributed by atoms with E-state index in [1.807, 2.05) is 30.5 Å². The van der Waals surface area contributed by atoms with Gasteiger partial charge in [-0.1, -0.05) is 0 Å². The molecule has 0 aliphatic rings. The lowest BCUT2D eigenvalue weighted by molar-refractivity contribution is 0.490. The van der Waals surface area contributed by atoms with Gasteiger partial charge in [0.2, 0.25) is 0 Å². The van der Waals surface area contributed by atoms with E-state index in [9.17, 15) is 0 Å². The number of aromatic nitrogens is 2. The first-order chi connectivity index (χ1) is 8.34. The fourth-order valence-electron chi connectivity index (χ4n) is 1.72. The fourth-order valence-corrected chi connectivity index (χ4v) is 2.45. The molecule has 0 aromatic carbocycles. The van der Waals surface area contributed by atoms with Gasteiger partial charge in [0.05, 0.1) is 17.7 Å². The number of hydrogen-bond acceptors (Lipinski definition) is 5. The number of nitrogens with zero attached hydrogens (tertiary/aromatic N) is 2. The Morgan fingerprint density at radius 3 is 3.12 bits per heavy atom. The second-order valence-corrected chi connectivity index (χ2v) is 4.64. The maximum Gasteiger partial charge on any atom is 0.138 e. The Balaban J connectivity index is 1.92. The normalized spacial score (nSPS) is 12.8. The van der Waals surface area contributed by atoms with Crippen molar-refractivity contribution in [1.29, 1.82) is 0 Å². The van der Waals surface area contributed by atoms with Gasteiger partial charge >= 0.3 is 0 Å². The van der Waals surface area contributed by atoms with Gasteiger partial charge in [-0.2, -0.15) is 0 Å². The van der Waals surface area contributed by atoms with Gasteiger partial charge in [-0.3, -0.25) is 0 Å². The van der Waals surface area contributed by atoms with E-state index in [1.165, 1.54) is 0 Å². The van der Waals surface area contributed by atoms with Crippen LogP contribution in [0.5, 0.6) is 0 Å². The van der Waals surface area contributed by atoms with Crippen molar-refractivity contribution >= 4 is 27.4 Å². The molecule has 0 radical (unpaired) electrons. The van der Waals surface area contributed by atoms with E-state index in [-0.39, 0.29) is 6.04 Å². The van der Waals surface area contributed by atoms with E-state index in [0.717, 1.165) is 21.8 Å². The first-order valence-electron chi connectivity index (χ1n) is 5.33. The molecule has 0 fully saturated rings. The molecule has 17 heavy (non-hydrogen) atoms. The van der Waals surface area contributed by atoms with Crippen LogP contribution in [-0.2, 0) is 0 Å². The Morgan fingerprint density at radius 2 is 2.29 bits per heavy atom. The summed E-state index contributed by atoms with van der Waals surface area (Å²) in [6, 6.07) is 5.94. The van der Waals surface area contributed by atoms with E-state index in [0.29, 0.717) is 0 Å². The van der Waals surface area contributed by atoms with Crippen molar-refractivity contribution in [1.82, 2.24) is 9.97 Å². The van der Waals surface area contributed by atoms with Crippen LogP contribution in [0.2, 0.25) is 0 Å². The SMILES string of the molecule is C[C@H](Nc1ncnc2sccc12)c1ccco1. The molecule has 5 heteroatoms.